The molecule has 2 atom stereocenters. The van der Waals surface area contributed by atoms with Crippen molar-refractivity contribution in [3.05, 3.63) is 12.2 Å². The maximum atomic E-state index is 12.7. The maximum Gasteiger partial charge on any atom is 0.306 e. The fourth-order valence-corrected chi connectivity index (χ4v) is 8.03. The Hall–Kier alpha value is -1.25. The van der Waals surface area contributed by atoms with Crippen LogP contribution in [0.5, 0.6) is 0 Å². The number of unbranched alkanes of at least 4 members (excludes halogenated alkanes) is 31. The summed E-state index contributed by atoms with van der Waals surface area (Å²) in [5.41, 5.74) is 0. The van der Waals surface area contributed by atoms with Crippen LogP contribution in [0.15, 0.2) is 12.2 Å². The first kappa shape index (κ1) is 58.8. The van der Waals surface area contributed by atoms with Gasteiger partial charge in [-0.25, -0.2) is 0 Å². The molecule has 9 nitrogen and oxygen atoms in total. The van der Waals surface area contributed by atoms with E-state index in [0.717, 1.165) is 51.4 Å². The van der Waals surface area contributed by atoms with Gasteiger partial charge < -0.3 is 27.9 Å². The Bertz CT molecular complexity index is 1030. The first-order chi connectivity index (χ1) is 29.0. The van der Waals surface area contributed by atoms with Crippen LogP contribution >= 0.6 is 7.82 Å². The smallest absolute Gasteiger partial charge is 0.306 e. The topological polar surface area (TPSA) is 111 Å². The zero-order chi connectivity index (χ0) is 44.3. The number of carbonyl (C=O) groups is 2. The van der Waals surface area contributed by atoms with Gasteiger partial charge in [-0.05, 0) is 38.5 Å². The average molecular weight is 872 g/mol. The van der Waals surface area contributed by atoms with Gasteiger partial charge in [-0.15, -0.1) is 0 Å². The number of allylic oxidation sites excluding steroid dienone is 2. The lowest BCUT2D eigenvalue weighted by Crippen LogP contribution is -2.37. The fourth-order valence-electron chi connectivity index (χ4n) is 7.30. The number of nitrogens with zero attached hydrogens (tertiary/aromatic N) is 1. The van der Waals surface area contributed by atoms with Crippen molar-refractivity contribution >= 4 is 19.8 Å². The van der Waals surface area contributed by atoms with Gasteiger partial charge in [-0.2, -0.15) is 0 Å². The predicted octanol–water partition coefficient (Wildman–Crippen LogP) is 14.3. The van der Waals surface area contributed by atoms with Crippen LogP contribution in [0, 0.1) is 0 Å². The number of hydrogen-bond donors (Lipinski definition) is 0. The molecule has 10 heteroatoms. The molecule has 0 rings (SSSR count). The number of hydrogen-bond acceptors (Lipinski definition) is 8. The van der Waals surface area contributed by atoms with Gasteiger partial charge in [0, 0.05) is 12.8 Å². The van der Waals surface area contributed by atoms with Crippen molar-refractivity contribution in [2.75, 3.05) is 47.5 Å². The molecule has 0 fully saturated rings. The minimum Gasteiger partial charge on any atom is -0.756 e. The second kappa shape index (κ2) is 43.0. The third-order valence-electron chi connectivity index (χ3n) is 11.3. The summed E-state index contributed by atoms with van der Waals surface area (Å²) < 4.78 is 34.0. The van der Waals surface area contributed by atoms with Crippen LogP contribution in [0.25, 0.3) is 0 Å². The first-order valence-corrected chi connectivity index (χ1v) is 26.9. The zero-order valence-corrected chi connectivity index (χ0v) is 41.1. The van der Waals surface area contributed by atoms with Crippen LogP contribution in [-0.4, -0.2) is 70.0 Å². The van der Waals surface area contributed by atoms with Gasteiger partial charge in [0.05, 0.1) is 27.7 Å². The van der Waals surface area contributed by atoms with Crippen LogP contribution in [0.2, 0.25) is 0 Å². The van der Waals surface area contributed by atoms with Gasteiger partial charge in [-0.1, -0.05) is 206 Å². The van der Waals surface area contributed by atoms with Crippen molar-refractivity contribution in [3.63, 3.8) is 0 Å². The number of quaternary nitrogens is 1. The highest BCUT2D eigenvalue weighted by Gasteiger charge is 2.21. The van der Waals surface area contributed by atoms with Crippen LogP contribution in [-0.2, 0) is 32.7 Å². The Morgan fingerprint density at radius 3 is 1.25 bits per heavy atom. The third-order valence-corrected chi connectivity index (χ3v) is 12.2. The van der Waals surface area contributed by atoms with Gasteiger partial charge in [0.1, 0.15) is 19.8 Å². The third kappa shape index (κ3) is 46.3. The van der Waals surface area contributed by atoms with Gasteiger partial charge in [0.15, 0.2) is 6.10 Å². The largest absolute Gasteiger partial charge is 0.756 e. The van der Waals surface area contributed by atoms with E-state index in [-0.39, 0.29) is 32.0 Å². The summed E-state index contributed by atoms with van der Waals surface area (Å²) in [6, 6.07) is 0. The van der Waals surface area contributed by atoms with Crippen LogP contribution in [0.4, 0.5) is 0 Å². The monoisotopic (exact) mass is 872 g/mol. The summed E-state index contributed by atoms with van der Waals surface area (Å²) in [5.74, 6) is -0.831. The molecule has 0 aromatic heterocycles. The number of ether oxygens (including phenoxy) is 2. The number of carbonyl (C=O) groups excluding carboxylic acids is 2. The maximum absolute atomic E-state index is 12.7. The molecule has 0 aromatic carbocycles. The lowest BCUT2D eigenvalue weighted by atomic mass is 10.0. The van der Waals surface area contributed by atoms with E-state index in [1.807, 2.05) is 21.1 Å². The highest BCUT2D eigenvalue weighted by Crippen LogP contribution is 2.38. The molecule has 60 heavy (non-hydrogen) atoms. The highest BCUT2D eigenvalue weighted by molar-refractivity contribution is 7.45. The van der Waals surface area contributed by atoms with E-state index in [2.05, 4.69) is 26.0 Å². The molecular formula is C50H98NO8P. The van der Waals surface area contributed by atoms with Crippen molar-refractivity contribution in [1.82, 2.24) is 0 Å². The number of rotatable bonds is 47. The summed E-state index contributed by atoms with van der Waals surface area (Å²) in [6.45, 7) is 4.24. The molecular weight excluding hydrogens is 774 g/mol. The Balaban J connectivity index is 4.14. The molecule has 0 bridgehead atoms. The molecule has 0 aliphatic carbocycles. The second-order valence-electron chi connectivity index (χ2n) is 18.5. The van der Waals surface area contributed by atoms with Crippen LogP contribution in [0.1, 0.15) is 245 Å². The van der Waals surface area contributed by atoms with E-state index >= 15 is 0 Å². The number of phosphoric ester groups is 1. The number of likely N-dealkylation sites (N-methyl/N-ethyl adjacent to an activating group) is 1. The number of esters is 2. The normalized spacial score (nSPS) is 13.5. The van der Waals surface area contributed by atoms with E-state index in [9.17, 15) is 19.0 Å². The molecule has 0 saturated carbocycles. The van der Waals surface area contributed by atoms with Gasteiger partial charge in [-0.3, -0.25) is 14.2 Å². The van der Waals surface area contributed by atoms with E-state index in [0.29, 0.717) is 17.4 Å². The summed E-state index contributed by atoms with van der Waals surface area (Å²) >= 11 is 0. The summed E-state index contributed by atoms with van der Waals surface area (Å²) in [6.07, 6.45) is 46.8. The minimum atomic E-state index is -4.62. The molecule has 0 aliphatic rings. The van der Waals surface area contributed by atoms with Crippen molar-refractivity contribution in [1.29, 1.82) is 0 Å². The Labute approximate surface area is 371 Å². The number of phosphoric acid groups is 1. The van der Waals surface area contributed by atoms with E-state index in [1.165, 1.54) is 161 Å². The highest BCUT2D eigenvalue weighted by atomic mass is 31.2. The summed E-state index contributed by atoms with van der Waals surface area (Å²) in [7, 11) is 1.17. The molecule has 0 heterocycles. The molecule has 2 unspecified atom stereocenters. The van der Waals surface area contributed by atoms with Crippen LogP contribution in [0.3, 0.4) is 0 Å². The van der Waals surface area contributed by atoms with Crippen molar-refractivity contribution < 1.29 is 42.1 Å². The van der Waals surface area contributed by atoms with Gasteiger partial charge in [0.2, 0.25) is 0 Å². The minimum absolute atomic E-state index is 0.0292. The molecule has 0 spiro atoms. The van der Waals surface area contributed by atoms with E-state index in [1.54, 1.807) is 0 Å². The van der Waals surface area contributed by atoms with Crippen LogP contribution < -0.4 is 4.89 Å². The fraction of sp³-hybridized carbons (Fsp3) is 0.920. The molecule has 0 aromatic rings. The lowest BCUT2D eigenvalue weighted by molar-refractivity contribution is -0.870. The van der Waals surface area contributed by atoms with Gasteiger partial charge in [0.25, 0.3) is 7.82 Å². The first-order valence-electron chi connectivity index (χ1n) is 25.4. The van der Waals surface area contributed by atoms with Gasteiger partial charge >= 0.3 is 11.9 Å². The Morgan fingerprint density at radius 1 is 0.500 bits per heavy atom. The molecule has 0 N–H and O–H groups in total. The SMILES string of the molecule is CCCCCC/C=C\CCCCCCCC(=O)OC(COC(=O)CCCCCCCCCCCCCCCCCCCCCCCCC)COP(=O)([O-])OCC[N+](C)(C)C. The van der Waals surface area contributed by atoms with Crippen molar-refractivity contribution in [2.24, 2.45) is 0 Å². The molecule has 0 aliphatic heterocycles. The molecule has 356 valence electrons. The molecule has 0 amide bonds. The second-order valence-corrected chi connectivity index (χ2v) is 20.0. The summed E-state index contributed by atoms with van der Waals surface area (Å²) in [5, 5.41) is 0. The average Bonchev–Trinajstić information content (AvgIpc) is 3.20. The Morgan fingerprint density at radius 2 is 0.850 bits per heavy atom. The van der Waals surface area contributed by atoms with Crippen molar-refractivity contribution in [2.45, 2.75) is 251 Å². The van der Waals surface area contributed by atoms with Crippen molar-refractivity contribution in [3.8, 4) is 0 Å². The summed E-state index contributed by atoms with van der Waals surface area (Å²) in [4.78, 5) is 37.6. The quantitative estimate of drug-likeness (QED) is 0.0195. The zero-order valence-electron chi connectivity index (χ0n) is 40.2. The standard InChI is InChI=1S/C50H98NO8P/c1-6-8-10-12-14-16-18-20-21-22-23-24-25-26-27-28-29-31-32-34-36-38-40-42-49(52)56-46-48(47-58-60(54,55)57-45-44-51(3,4)5)59-50(53)43-41-39-37-35-33-30-19-17-15-13-11-9-7-2/h17,19,48H,6-16,18,20-47H2,1-5H3/b19-17-. The Kier molecular flexibility index (Phi) is 42.1. The predicted molar refractivity (Wildman–Crippen MR) is 250 cm³/mol. The van der Waals surface area contributed by atoms with E-state index in [4.69, 9.17) is 18.5 Å². The molecule has 0 radical (unpaired) electrons. The lowest BCUT2D eigenvalue weighted by Gasteiger charge is -2.28. The molecule has 0 saturated heterocycles. The van der Waals surface area contributed by atoms with E-state index < -0.39 is 26.5 Å².